The van der Waals surface area contributed by atoms with E-state index in [1.165, 1.54) is 11.1 Å². The number of esters is 1. The summed E-state index contributed by atoms with van der Waals surface area (Å²) < 4.78 is 5.62. The maximum absolute atomic E-state index is 11.8. The molecule has 1 saturated carbocycles. The fourth-order valence-electron chi connectivity index (χ4n) is 4.24. The number of ether oxygens (including phenoxy) is 1. The van der Waals surface area contributed by atoms with Gasteiger partial charge in [0, 0.05) is 11.3 Å². The van der Waals surface area contributed by atoms with Gasteiger partial charge >= 0.3 is 5.97 Å². The molecule has 0 aromatic heterocycles. The minimum Gasteiger partial charge on any atom is -0.457 e. The lowest BCUT2D eigenvalue weighted by atomic mass is 9.58. The van der Waals surface area contributed by atoms with E-state index in [-0.39, 0.29) is 29.5 Å². The SMILES string of the molecule is CC1=C2[C@H]3OC(=O)[C@H](C)[C@@H]3CCC2(C)[C@@H](O)CC1. The molecule has 3 heteroatoms. The van der Waals surface area contributed by atoms with Crippen molar-refractivity contribution in [1.29, 1.82) is 0 Å². The summed E-state index contributed by atoms with van der Waals surface area (Å²) in [6, 6.07) is 0. The number of hydrogen-bond acceptors (Lipinski definition) is 3. The summed E-state index contributed by atoms with van der Waals surface area (Å²) in [5.41, 5.74) is 2.39. The molecule has 1 saturated heterocycles. The van der Waals surface area contributed by atoms with Crippen molar-refractivity contribution in [2.45, 2.75) is 58.7 Å². The molecule has 0 aromatic rings. The summed E-state index contributed by atoms with van der Waals surface area (Å²) in [7, 11) is 0. The third-order valence-electron chi connectivity index (χ3n) is 5.53. The van der Waals surface area contributed by atoms with Crippen LogP contribution in [0.4, 0.5) is 0 Å². The van der Waals surface area contributed by atoms with Crippen LogP contribution in [0.15, 0.2) is 11.1 Å². The summed E-state index contributed by atoms with van der Waals surface area (Å²) in [6.45, 7) is 6.26. The van der Waals surface area contributed by atoms with Gasteiger partial charge in [-0.15, -0.1) is 0 Å². The van der Waals surface area contributed by atoms with Crippen LogP contribution in [0.1, 0.15) is 46.5 Å². The number of carbonyl (C=O) groups excluding carboxylic acids is 1. The first kappa shape index (κ1) is 12.2. The van der Waals surface area contributed by atoms with Crippen LogP contribution in [0.2, 0.25) is 0 Å². The van der Waals surface area contributed by atoms with Crippen molar-refractivity contribution < 1.29 is 14.6 Å². The van der Waals surface area contributed by atoms with E-state index in [1.807, 2.05) is 6.92 Å². The highest BCUT2D eigenvalue weighted by molar-refractivity contribution is 5.75. The first-order valence-corrected chi connectivity index (χ1v) is 7.04. The van der Waals surface area contributed by atoms with E-state index in [4.69, 9.17) is 4.74 Å². The van der Waals surface area contributed by atoms with Gasteiger partial charge in [0.2, 0.25) is 0 Å². The molecule has 1 heterocycles. The van der Waals surface area contributed by atoms with Crippen LogP contribution in [-0.4, -0.2) is 23.3 Å². The van der Waals surface area contributed by atoms with E-state index < -0.39 is 0 Å². The van der Waals surface area contributed by atoms with Gasteiger partial charge in [0.15, 0.2) is 0 Å². The lowest BCUT2D eigenvalue weighted by Crippen LogP contribution is -2.47. The third kappa shape index (κ3) is 1.43. The van der Waals surface area contributed by atoms with E-state index in [2.05, 4.69) is 13.8 Å². The van der Waals surface area contributed by atoms with Crippen LogP contribution in [0.25, 0.3) is 0 Å². The van der Waals surface area contributed by atoms with Gasteiger partial charge in [-0.2, -0.15) is 0 Å². The Morgan fingerprint density at radius 1 is 1.39 bits per heavy atom. The van der Waals surface area contributed by atoms with Crippen molar-refractivity contribution in [3.63, 3.8) is 0 Å². The number of aliphatic hydroxyl groups excluding tert-OH is 1. The number of rotatable bonds is 0. The minimum absolute atomic E-state index is 0.0129. The first-order chi connectivity index (χ1) is 8.45. The number of fused-ring (bicyclic) bond motifs is 3. The second kappa shape index (κ2) is 3.83. The van der Waals surface area contributed by atoms with Gasteiger partial charge in [0.1, 0.15) is 6.10 Å². The molecule has 2 aliphatic carbocycles. The predicted octanol–water partition coefficient (Wildman–Crippen LogP) is 2.44. The second-order valence-corrected chi connectivity index (χ2v) is 6.51. The van der Waals surface area contributed by atoms with Crippen LogP contribution < -0.4 is 0 Å². The normalized spacial score (nSPS) is 47.7. The molecule has 0 aromatic carbocycles. The molecule has 1 unspecified atom stereocenters. The van der Waals surface area contributed by atoms with Crippen molar-refractivity contribution in [2.75, 3.05) is 0 Å². The van der Waals surface area contributed by atoms with Gasteiger partial charge in [-0.05, 0) is 38.2 Å². The molecule has 0 bridgehead atoms. The molecule has 0 spiro atoms. The summed E-state index contributed by atoms with van der Waals surface area (Å²) in [4.78, 5) is 11.8. The zero-order chi connectivity index (χ0) is 13.1. The van der Waals surface area contributed by atoms with Gasteiger partial charge in [0.05, 0.1) is 12.0 Å². The van der Waals surface area contributed by atoms with Crippen molar-refractivity contribution in [3.05, 3.63) is 11.1 Å². The van der Waals surface area contributed by atoms with Gasteiger partial charge < -0.3 is 9.84 Å². The Labute approximate surface area is 108 Å². The monoisotopic (exact) mass is 250 g/mol. The Hall–Kier alpha value is -0.830. The fourth-order valence-corrected chi connectivity index (χ4v) is 4.24. The highest BCUT2D eigenvalue weighted by atomic mass is 16.6. The Bertz CT molecular complexity index is 425. The lowest BCUT2D eigenvalue weighted by molar-refractivity contribution is -0.143. The standard InChI is InChI=1S/C15H22O3/c1-8-4-5-11(16)15(3)7-6-10-9(2)14(17)18-13(10)12(8)15/h9-11,13,16H,4-7H2,1-3H3/t9-,10+,11+,13+,15?/m1/s1. The van der Waals surface area contributed by atoms with Gasteiger partial charge in [-0.25, -0.2) is 0 Å². The average molecular weight is 250 g/mol. The molecule has 3 rings (SSSR count). The van der Waals surface area contributed by atoms with Gasteiger partial charge in [-0.1, -0.05) is 19.4 Å². The third-order valence-corrected chi connectivity index (χ3v) is 5.53. The Balaban J connectivity index is 2.05. The number of carbonyl (C=O) groups is 1. The largest absolute Gasteiger partial charge is 0.457 e. The Morgan fingerprint density at radius 2 is 2.11 bits per heavy atom. The zero-order valence-electron chi connectivity index (χ0n) is 11.4. The van der Waals surface area contributed by atoms with Gasteiger partial charge in [0.25, 0.3) is 0 Å². The molecular formula is C15H22O3. The minimum atomic E-state index is -0.285. The molecule has 18 heavy (non-hydrogen) atoms. The molecule has 0 radical (unpaired) electrons. The zero-order valence-corrected chi connectivity index (χ0v) is 11.4. The van der Waals surface area contributed by atoms with E-state index in [0.29, 0.717) is 5.92 Å². The smallest absolute Gasteiger partial charge is 0.309 e. The molecule has 0 amide bonds. The van der Waals surface area contributed by atoms with E-state index in [0.717, 1.165) is 25.7 Å². The first-order valence-electron chi connectivity index (χ1n) is 7.04. The average Bonchev–Trinajstić information content (AvgIpc) is 2.60. The number of aliphatic hydroxyl groups is 1. The maximum atomic E-state index is 11.8. The van der Waals surface area contributed by atoms with E-state index in [9.17, 15) is 9.90 Å². The number of hydrogen-bond donors (Lipinski definition) is 1. The Morgan fingerprint density at radius 3 is 2.83 bits per heavy atom. The predicted molar refractivity (Wildman–Crippen MR) is 67.8 cm³/mol. The summed E-state index contributed by atoms with van der Waals surface area (Å²) in [6.07, 6.45) is 3.38. The van der Waals surface area contributed by atoms with Crippen LogP contribution >= 0.6 is 0 Å². The van der Waals surface area contributed by atoms with Crippen molar-refractivity contribution >= 4 is 5.97 Å². The molecule has 3 aliphatic rings. The van der Waals surface area contributed by atoms with Crippen LogP contribution in [0.5, 0.6) is 0 Å². The molecule has 5 atom stereocenters. The second-order valence-electron chi connectivity index (χ2n) is 6.51. The fraction of sp³-hybridized carbons (Fsp3) is 0.800. The summed E-state index contributed by atoms with van der Waals surface area (Å²) >= 11 is 0. The molecule has 100 valence electrons. The van der Waals surface area contributed by atoms with E-state index in [1.54, 1.807) is 0 Å². The highest BCUT2D eigenvalue weighted by Gasteiger charge is 2.55. The molecule has 1 N–H and O–H groups in total. The number of allylic oxidation sites excluding steroid dienone is 1. The Kier molecular flexibility index (Phi) is 2.60. The van der Waals surface area contributed by atoms with E-state index >= 15 is 0 Å². The van der Waals surface area contributed by atoms with Crippen LogP contribution in [-0.2, 0) is 9.53 Å². The quantitative estimate of drug-likeness (QED) is 0.530. The summed E-state index contributed by atoms with van der Waals surface area (Å²) in [5.74, 6) is 0.273. The van der Waals surface area contributed by atoms with Gasteiger partial charge in [-0.3, -0.25) is 4.79 Å². The molecular weight excluding hydrogens is 228 g/mol. The van der Waals surface area contributed by atoms with Crippen molar-refractivity contribution in [3.8, 4) is 0 Å². The maximum Gasteiger partial charge on any atom is 0.309 e. The molecule has 3 nitrogen and oxygen atoms in total. The highest BCUT2D eigenvalue weighted by Crippen LogP contribution is 2.55. The molecule has 1 aliphatic heterocycles. The molecule has 2 fully saturated rings. The van der Waals surface area contributed by atoms with Crippen molar-refractivity contribution in [1.82, 2.24) is 0 Å². The topological polar surface area (TPSA) is 46.5 Å². The van der Waals surface area contributed by atoms with Crippen LogP contribution in [0.3, 0.4) is 0 Å². The van der Waals surface area contributed by atoms with Crippen molar-refractivity contribution in [2.24, 2.45) is 17.3 Å². The lowest BCUT2D eigenvalue weighted by Gasteiger charge is -2.48. The summed E-state index contributed by atoms with van der Waals surface area (Å²) in [5, 5.41) is 10.4. The van der Waals surface area contributed by atoms with Crippen LogP contribution in [0, 0.1) is 17.3 Å².